The van der Waals surface area contributed by atoms with E-state index >= 15 is 0 Å². The molecule has 0 bridgehead atoms. The molecule has 0 aliphatic carbocycles. The molecule has 0 fully saturated rings. The van der Waals surface area contributed by atoms with Crippen LogP contribution in [0.25, 0.3) is 0 Å². The van der Waals surface area contributed by atoms with Gasteiger partial charge in [0.25, 0.3) is 5.91 Å². The van der Waals surface area contributed by atoms with Crippen LogP contribution in [0.4, 0.5) is 5.69 Å². The van der Waals surface area contributed by atoms with Crippen LogP contribution in [0.3, 0.4) is 0 Å². The van der Waals surface area contributed by atoms with E-state index in [2.05, 4.69) is 16.1 Å². The van der Waals surface area contributed by atoms with Crippen LogP contribution in [-0.4, -0.2) is 24.9 Å². The van der Waals surface area contributed by atoms with Crippen molar-refractivity contribution in [1.82, 2.24) is 10.6 Å². The number of hydrazine groups is 1. The van der Waals surface area contributed by atoms with Crippen molar-refractivity contribution in [2.24, 2.45) is 5.84 Å². The van der Waals surface area contributed by atoms with Crippen molar-refractivity contribution < 1.29 is 9.59 Å². The van der Waals surface area contributed by atoms with Gasteiger partial charge in [-0.2, -0.15) is 0 Å². The van der Waals surface area contributed by atoms with E-state index < -0.39 is 0 Å². The van der Waals surface area contributed by atoms with Crippen LogP contribution >= 0.6 is 0 Å². The number of nitrogen functional groups attached to an aromatic ring is 1. The van der Waals surface area contributed by atoms with E-state index in [0.717, 1.165) is 11.3 Å². The van der Waals surface area contributed by atoms with Crippen LogP contribution in [0.15, 0.2) is 18.2 Å². The first kappa shape index (κ1) is 15.0. The number of carbonyl (C=O) groups is 2. The second-order valence-corrected chi connectivity index (χ2v) is 4.13. The maximum absolute atomic E-state index is 11.8. The number of rotatable bonds is 6. The second-order valence-electron chi connectivity index (χ2n) is 4.13. The van der Waals surface area contributed by atoms with Gasteiger partial charge in [-0.1, -0.05) is 0 Å². The molecule has 2 amide bonds. The Balaban J connectivity index is 2.50. The largest absolute Gasteiger partial charge is 0.356 e. The summed E-state index contributed by atoms with van der Waals surface area (Å²) in [5.41, 5.74) is 4.76. The first-order valence-corrected chi connectivity index (χ1v) is 6.20. The molecular formula is C13H20N4O2. The molecule has 0 aromatic heterocycles. The van der Waals surface area contributed by atoms with Gasteiger partial charge in [0, 0.05) is 25.1 Å². The molecule has 1 aromatic rings. The second kappa shape index (κ2) is 7.38. The number of carbonyl (C=O) groups excluding carboxylic acids is 2. The average molecular weight is 264 g/mol. The van der Waals surface area contributed by atoms with E-state index in [-0.39, 0.29) is 18.2 Å². The predicted octanol–water partition coefficient (Wildman–Crippen LogP) is 0.537. The zero-order valence-corrected chi connectivity index (χ0v) is 11.2. The molecule has 0 atom stereocenters. The highest BCUT2D eigenvalue weighted by Crippen LogP contribution is 2.14. The minimum atomic E-state index is -0.198. The average Bonchev–Trinajstić information content (AvgIpc) is 2.38. The minimum absolute atomic E-state index is 0.0679. The molecule has 0 aliphatic heterocycles. The summed E-state index contributed by atoms with van der Waals surface area (Å²) in [6.07, 6.45) is 0.279. The van der Waals surface area contributed by atoms with Gasteiger partial charge in [0.1, 0.15) is 0 Å². The highest BCUT2D eigenvalue weighted by molar-refractivity contribution is 5.95. The molecule has 0 saturated heterocycles. The number of nitrogens with one attached hydrogen (secondary N) is 3. The number of anilines is 1. The van der Waals surface area contributed by atoms with Crippen molar-refractivity contribution in [3.8, 4) is 0 Å². The van der Waals surface area contributed by atoms with Crippen LogP contribution < -0.4 is 21.9 Å². The lowest BCUT2D eigenvalue weighted by atomic mass is 10.1. The Hall–Kier alpha value is -2.08. The first-order valence-electron chi connectivity index (χ1n) is 6.20. The molecule has 1 aromatic carbocycles. The van der Waals surface area contributed by atoms with Gasteiger partial charge in [0.2, 0.25) is 5.91 Å². The molecular weight excluding hydrogens is 244 g/mol. The summed E-state index contributed by atoms with van der Waals surface area (Å²) in [5.74, 6) is 5.06. The Morgan fingerprint density at radius 1 is 1.26 bits per heavy atom. The van der Waals surface area contributed by atoms with Gasteiger partial charge in [-0.15, -0.1) is 0 Å². The maximum atomic E-state index is 11.8. The van der Waals surface area contributed by atoms with Gasteiger partial charge in [-0.25, -0.2) is 0 Å². The van der Waals surface area contributed by atoms with E-state index in [4.69, 9.17) is 5.84 Å². The zero-order valence-electron chi connectivity index (χ0n) is 11.2. The van der Waals surface area contributed by atoms with E-state index in [1.807, 2.05) is 13.8 Å². The third kappa shape index (κ3) is 4.59. The Kier molecular flexibility index (Phi) is 5.81. The molecule has 0 heterocycles. The van der Waals surface area contributed by atoms with Crippen LogP contribution in [0.1, 0.15) is 29.3 Å². The number of aryl methyl sites for hydroxylation is 1. The topological polar surface area (TPSA) is 96.2 Å². The van der Waals surface area contributed by atoms with E-state index in [1.165, 1.54) is 0 Å². The van der Waals surface area contributed by atoms with Crippen LogP contribution in [0.2, 0.25) is 0 Å². The third-order valence-electron chi connectivity index (χ3n) is 2.66. The van der Waals surface area contributed by atoms with E-state index in [9.17, 15) is 9.59 Å². The van der Waals surface area contributed by atoms with Crippen LogP contribution in [0.5, 0.6) is 0 Å². The SMILES string of the molecule is CCNC(=O)CCNC(=O)c1ccc(NN)c(C)c1. The smallest absolute Gasteiger partial charge is 0.251 e. The lowest BCUT2D eigenvalue weighted by Gasteiger charge is -2.08. The molecule has 1 rings (SSSR count). The van der Waals surface area contributed by atoms with Crippen molar-refractivity contribution >= 4 is 17.5 Å². The standard InChI is InChI=1S/C13H20N4O2/c1-3-15-12(18)6-7-16-13(19)10-4-5-11(17-14)9(2)8-10/h4-5,8,17H,3,6-7,14H2,1-2H3,(H,15,18)(H,16,19). The van der Waals surface area contributed by atoms with Crippen molar-refractivity contribution in [2.45, 2.75) is 20.3 Å². The molecule has 0 aliphatic rings. The number of hydrogen-bond donors (Lipinski definition) is 4. The monoisotopic (exact) mass is 264 g/mol. The maximum Gasteiger partial charge on any atom is 0.251 e. The van der Waals surface area contributed by atoms with Crippen LogP contribution in [0, 0.1) is 6.92 Å². The normalized spacial score (nSPS) is 9.84. The van der Waals surface area contributed by atoms with Crippen LogP contribution in [-0.2, 0) is 4.79 Å². The minimum Gasteiger partial charge on any atom is -0.356 e. The number of amides is 2. The number of hydrogen-bond acceptors (Lipinski definition) is 4. The third-order valence-corrected chi connectivity index (χ3v) is 2.66. The highest BCUT2D eigenvalue weighted by Gasteiger charge is 2.07. The van der Waals surface area contributed by atoms with Crippen molar-refractivity contribution in [3.63, 3.8) is 0 Å². The Morgan fingerprint density at radius 2 is 2.00 bits per heavy atom. The summed E-state index contributed by atoms with van der Waals surface area (Å²) in [7, 11) is 0. The van der Waals surface area contributed by atoms with Crippen molar-refractivity contribution in [2.75, 3.05) is 18.5 Å². The fourth-order valence-corrected chi connectivity index (χ4v) is 1.64. The van der Waals surface area contributed by atoms with Gasteiger partial charge in [0.05, 0.1) is 5.69 Å². The van der Waals surface area contributed by atoms with Gasteiger partial charge in [0.15, 0.2) is 0 Å². The van der Waals surface area contributed by atoms with Crippen molar-refractivity contribution in [3.05, 3.63) is 29.3 Å². The van der Waals surface area contributed by atoms with Gasteiger partial charge in [-0.05, 0) is 37.6 Å². The summed E-state index contributed by atoms with van der Waals surface area (Å²) in [5, 5.41) is 5.37. The summed E-state index contributed by atoms with van der Waals surface area (Å²) in [6.45, 7) is 4.63. The van der Waals surface area contributed by atoms with E-state index in [0.29, 0.717) is 18.7 Å². The summed E-state index contributed by atoms with van der Waals surface area (Å²) in [4.78, 5) is 23.1. The fourth-order valence-electron chi connectivity index (χ4n) is 1.64. The first-order chi connectivity index (χ1) is 9.08. The molecule has 104 valence electrons. The highest BCUT2D eigenvalue weighted by atomic mass is 16.2. The summed E-state index contributed by atoms with van der Waals surface area (Å²) < 4.78 is 0. The Morgan fingerprint density at radius 3 is 2.58 bits per heavy atom. The number of nitrogens with two attached hydrogens (primary N) is 1. The fraction of sp³-hybridized carbons (Fsp3) is 0.385. The molecule has 0 saturated carbocycles. The quantitative estimate of drug-likeness (QED) is 0.445. The number of benzene rings is 1. The molecule has 5 N–H and O–H groups in total. The molecule has 0 spiro atoms. The molecule has 19 heavy (non-hydrogen) atoms. The molecule has 0 unspecified atom stereocenters. The molecule has 6 nitrogen and oxygen atoms in total. The summed E-state index contributed by atoms with van der Waals surface area (Å²) >= 11 is 0. The lowest BCUT2D eigenvalue weighted by Crippen LogP contribution is -2.30. The Bertz CT molecular complexity index is 460. The van der Waals surface area contributed by atoms with E-state index in [1.54, 1.807) is 18.2 Å². The zero-order chi connectivity index (χ0) is 14.3. The van der Waals surface area contributed by atoms with Gasteiger partial charge in [-0.3, -0.25) is 15.4 Å². The molecule has 6 heteroatoms. The molecule has 0 radical (unpaired) electrons. The predicted molar refractivity (Wildman–Crippen MR) is 74.6 cm³/mol. The lowest BCUT2D eigenvalue weighted by molar-refractivity contribution is -0.120. The van der Waals surface area contributed by atoms with Crippen molar-refractivity contribution in [1.29, 1.82) is 0 Å². The Labute approximate surface area is 112 Å². The van der Waals surface area contributed by atoms with Gasteiger partial charge >= 0.3 is 0 Å². The van der Waals surface area contributed by atoms with Gasteiger partial charge < -0.3 is 16.1 Å². The summed E-state index contributed by atoms with van der Waals surface area (Å²) in [6, 6.07) is 5.17.